The first-order chi connectivity index (χ1) is 12.4. The van der Waals surface area contributed by atoms with Crippen molar-refractivity contribution < 1.29 is 14.6 Å². The summed E-state index contributed by atoms with van der Waals surface area (Å²) in [7, 11) is 0. The summed E-state index contributed by atoms with van der Waals surface area (Å²) in [5.74, 6) is 0.516. The van der Waals surface area contributed by atoms with Gasteiger partial charge in [-0.3, -0.25) is 4.79 Å². The number of ether oxygens (including phenoxy) is 1. The Hall–Kier alpha value is -2.29. The molecule has 0 unspecified atom stereocenters. The van der Waals surface area contributed by atoms with Crippen LogP contribution in [0.3, 0.4) is 0 Å². The Morgan fingerprint density at radius 1 is 1.04 bits per heavy atom. The third-order valence-electron chi connectivity index (χ3n) is 5.03. The Bertz CT molecular complexity index is 766. The lowest BCUT2D eigenvalue weighted by atomic mass is 9.84. The van der Waals surface area contributed by atoms with Crippen LogP contribution in [0.2, 0.25) is 0 Å². The molecule has 2 aromatic carbocycles. The number of carbonyl (C=O) groups is 1. The van der Waals surface area contributed by atoms with E-state index in [-0.39, 0.29) is 23.1 Å². The molecule has 2 aromatic rings. The highest BCUT2D eigenvalue weighted by molar-refractivity contribution is 6.10. The van der Waals surface area contributed by atoms with Gasteiger partial charge in [0.05, 0.1) is 11.7 Å². The fourth-order valence-corrected chi connectivity index (χ4v) is 3.54. The summed E-state index contributed by atoms with van der Waals surface area (Å²) in [6.07, 6.45) is 5.93. The summed E-state index contributed by atoms with van der Waals surface area (Å²) >= 11 is 0. The van der Waals surface area contributed by atoms with Gasteiger partial charge in [-0.1, -0.05) is 57.5 Å². The molecular formula is C23H28O3. The first kappa shape index (κ1) is 18.5. The fraction of sp³-hybridized carbons (Fsp3) is 0.435. The van der Waals surface area contributed by atoms with Crippen molar-refractivity contribution in [2.75, 3.05) is 0 Å². The van der Waals surface area contributed by atoms with Gasteiger partial charge in [0, 0.05) is 17.2 Å². The number of aromatic hydroxyl groups is 1. The Labute approximate surface area is 156 Å². The van der Waals surface area contributed by atoms with Crippen molar-refractivity contribution in [1.82, 2.24) is 0 Å². The van der Waals surface area contributed by atoms with Crippen LogP contribution in [0.1, 0.15) is 74.4 Å². The van der Waals surface area contributed by atoms with E-state index in [0.717, 1.165) is 18.4 Å². The molecule has 26 heavy (non-hydrogen) atoms. The third kappa shape index (κ3) is 4.09. The van der Waals surface area contributed by atoms with Crippen molar-refractivity contribution in [1.29, 1.82) is 0 Å². The normalized spacial score (nSPS) is 15.7. The van der Waals surface area contributed by atoms with E-state index in [1.165, 1.54) is 19.3 Å². The zero-order valence-corrected chi connectivity index (χ0v) is 15.9. The van der Waals surface area contributed by atoms with Crippen molar-refractivity contribution in [2.45, 2.75) is 64.4 Å². The number of rotatable bonds is 4. The molecule has 3 nitrogen and oxygen atoms in total. The molecular weight excluding hydrogens is 324 g/mol. The van der Waals surface area contributed by atoms with Gasteiger partial charge in [0.2, 0.25) is 0 Å². The second kappa shape index (κ2) is 7.53. The molecule has 0 radical (unpaired) electrons. The van der Waals surface area contributed by atoms with Gasteiger partial charge < -0.3 is 9.84 Å². The fourth-order valence-electron chi connectivity index (χ4n) is 3.54. The molecule has 0 aliphatic heterocycles. The van der Waals surface area contributed by atoms with Crippen LogP contribution in [-0.2, 0) is 5.41 Å². The number of phenols is 1. The number of phenolic OH excluding ortho intramolecular Hbond substituents is 1. The minimum Gasteiger partial charge on any atom is -0.507 e. The van der Waals surface area contributed by atoms with Crippen LogP contribution in [-0.4, -0.2) is 17.0 Å². The Morgan fingerprint density at radius 2 is 1.69 bits per heavy atom. The maximum Gasteiger partial charge on any atom is 0.196 e. The van der Waals surface area contributed by atoms with E-state index >= 15 is 0 Å². The van der Waals surface area contributed by atoms with Gasteiger partial charge in [-0.15, -0.1) is 0 Å². The number of carbonyl (C=O) groups excluding carboxylic acids is 1. The zero-order chi connectivity index (χ0) is 18.7. The molecule has 0 saturated heterocycles. The van der Waals surface area contributed by atoms with Crippen molar-refractivity contribution in [3.8, 4) is 11.5 Å². The van der Waals surface area contributed by atoms with Crippen LogP contribution in [0.4, 0.5) is 0 Å². The van der Waals surface area contributed by atoms with E-state index in [4.69, 9.17) is 4.74 Å². The summed E-state index contributed by atoms with van der Waals surface area (Å²) in [4.78, 5) is 12.8. The van der Waals surface area contributed by atoms with Crippen molar-refractivity contribution >= 4 is 5.78 Å². The molecule has 1 aliphatic carbocycles. The Kier molecular flexibility index (Phi) is 5.36. The van der Waals surface area contributed by atoms with E-state index in [0.29, 0.717) is 16.9 Å². The predicted molar refractivity (Wildman–Crippen MR) is 104 cm³/mol. The van der Waals surface area contributed by atoms with Crippen molar-refractivity contribution in [2.24, 2.45) is 0 Å². The summed E-state index contributed by atoms with van der Waals surface area (Å²) < 4.78 is 6.26. The van der Waals surface area contributed by atoms with Gasteiger partial charge in [-0.25, -0.2) is 0 Å². The van der Waals surface area contributed by atoms with Crippen LogP contribution in [0.25, 0.3) is 0 Å². The first-order valence-corrected chi connectivity index (χ1v) is 9.50. The number of benzene rings is 2. The highest BCUT2D eigenvalue weighted by Crippen LogP contribution is 2.38. The first-order valence-electron chi connectivity index (χ1n) is 9.50. The molecule has 3 rings (SSSR count). The van der Waals surface area contributed by atoms with E-state index in [1.807, 2.05) is 24.3 Å². The van der Waals surface area contributed by atoms with Crippen molar-refractivity contribution in [3.05, 3.63) is 59.2 Å². The highest BCUT2D eigenvalue weighted by atomic mass is 16.5. The second-order valence-electron chi connectivity index (χ2n) is 8.19. The topological polar surface area (TPSA) is 46.5 Å². The third-order valence-corrected chi connectivity index (χ3v) is 5.03. The molecule has 0 heterocycles. The summed E-state index contributed by atoms with van der Waals surface area (Å²) in [6.45, 7) is 6.30. The van der Waals surface area contributed by atoms with Crippen LogP contribution < -0.4 is 4.74 Å². The molecule has 1 aliphatic rings. The molecule has 0 bridgehead atoms. The van der Waals surface area contributed by atoms with E-state index in [2.05, 4.69) is 20.8 Å². The van der Waals surface area contributed by atoms with E-state index in [9.17, 15) is 9.90 Å². The SMILES string of the molecule is CC(C)(C)c1cc(C(=O)c2ccccc2)c(O)cc1OC1CCCCC1. The molecule has 1 saturated carbocycles. The number of hydrogen-bond acceptors (Lipinski definition) is 3. The Morgan fingerprint density at radius 3 is 2.31 bits per heavy atom. The molecule has 1 fully saturated rings. The predicted octanol–water partition coefficient (Wildman–Crippen LogP) is 5.63. The van der Waals surface area contributed by atoms with Gasteiger partial charge in [-0.05, 0) is 37.2 Å². The lowest BCUT2D eigenvalue weighted by Gasteiger charge is -2.29. The van der Waals surface area contributed by atoms with Gasteiger partial charge in [0.1, 0.15) is 11.5 Å². The average molecular weight is 352 g/mol. The summed E-state index contributed by atoms with van der Waals surface area (Å²) in [5, 5.41) is 10.5. The number of hydrogen-bond donors (Lipinski definition) is 1. The highest BCUT2D eigenvalue weighted by Gasteiger charge is 2.26. The lowest BCUT2D eigenvalue weighted by Crippen LogP contribution is -2.23. The lowest BCUT2D eigenvalue weighted by molar-refractivity contribution is 0.103. The molecule has 138 valence electrons. The van der Waals surface area contributed by atoms with Gasteiger partial charge in [0.15, 0.2) is 5.78 Å². The quantitative estimate of drug-likeness (QED) is 0.725. The molecule has 0 aromatic heterocycles. The van der Waals surface area contributed by atoms with E-state index < -0.39 is 0 Å². The summed E-state index contributed by atoms with van der Waals surface area (Å²) in [5.41, 5.74) is 1.67. The maximum atomic E-state index is 12.8. The van der Waals surface area contributed by atoms with Gasteiger partial charge in [-0.2, -0.15) is 0 Å². The van der Waals surface area contributed by atoms with Gasteiger partial charge in [0.25, 0.3) is 0 Å². The van der Waals surface area contributed by atoms with Gasteiger partial charge >= 0.3 is 0 Å². The molecule has 0 spiro atoms. The molecule has 1 N–H and O–H groups in total. The number of ketones is 1. The average Bonchev–Trinajstić information content (AvgIpc) is 2.62. The summed E-state index contributed by atoms with van der Waals surface area (Å²) in [6, 6.07) is 12.5. The van der Waals surface area contributed by atoms with Crippen LogP contribution in [0.15, 0.2) is 42.5 Å². The minimum absolute atomic E-state index is 0.0161. The zero-order valence-electron chi connectivity index (χ0n) is 15.9. The maximum absolute atomic E-state index is 12.8. The van der Waals surface area contributed by atoms with Crippen LogP contribution in [0.5, 0.6) is 11.5 Å². The van der Waals surface area contributed by atoms with Crippen LogP contribution >= 0.6 is 0 Å². The minimum atomic E-state index is -0.191. The monoisotopic (exact) mass is 352 g/mol. The molecule has 0 atom stereocenters. The van der Waals surface area contributed by atoms with E-state index in [1.54, 1.807) is 18.2 Å². The second-order valence-corrected chi connectivity index (χ2v) is 8.19. The molecule has 3 heteroatoms. The van der Waals surface area contributed by atoms with Crippen molar-refractivity contribution in [3.63, 3.8) is 0 Å². The Balaban J connectivity index is 1.99. The standard InChI is InChI=1S/C23H28O3/c1-23(2,3)19-14-18(22(25)16-10-6-4-7-11-16)20(24)15-21(19)26-17-12-8-5-9-13-17/h4,6-7,10-11,14-15,17,24H,5,8-9,12-13H2,1-3H3. The largest absolute Gasteiger partial charge is 0.507 e. The smallest absolute Gasteiger partial charge is 0.196 e. The van der Waals surface area contributed by atoms with Crippen LogP contribution in [0, 0.1) is 0 Å². The molecule has 0 amide bonds.